The highest BCUT2D eigenvalue weighted by Crippen LogP contribution is 2.19. The molecule has 2 rings (SSSR count). The van der Waals surface area contributed by atoms with E-state index < -0.39 is 0 Å². The standard InChI is InChI=1S/C8H6NOP/c10-7-1-2-8-6(5-7)3-4-11-9-8/h1-5,10H. The van der Waals surface area contributed by atoms with E-state index in [0.29, 0.717) is 5.75 Å². The Labute approximate surface area is 65.7 Å². The van der Waals surface area contributed by atoms with E-state index >= 15 is 0 Å². The average Bonchev–Trinajstić information content (AvgIpc) is 2.04. The molecule has 0 saturated heterocycles. The Balaban J connectivity index is 2.83. The number of aromatic nitrogens is 1. The lowest BCUT2D eigenvalue weighted by atomic mass is 10.2. The first-order valence-electron chi connectivity index (χ1n) is 3.27. The molecule has 2 nitrogen and oxygen atoms in total. The van der Waals surface area contributed by atoms with Crippen molar-refractivity contribution in [1.29, 1.82) is 0 Å². The van der Waals surface area contributed by atoms with Gasteiger partial charge in [0, 0.05) is 13.7 Å². The van der Waals surface area contributed by atoms with Gasteiger partial charge >= 0.3 is 0 Å². The summed E-state index contributed by atoms with van der Waals surface area (Å²) in [5.41, 5.74) is 0.951. The maximum Gasteiger partial charge on any atom is 0.116 e. The molecule has 1 aromatic carbocycles. The Hall–Kier alpha value is -1.14. The summed E-state index contributed by atoms with van der Waals surface area (Å²) in [6.07, 6.45) is 0. The number of hydrogen-bond acceptors (Lipinski definition) is 2. The minimum atomic E-state index is 0.294. The SMILES string of the molecule is Oc1ccc2npccc2c1. The van der Waals surface area contributed by atoms with Crippen LogP contribution in [0.3, 0.4) is 0 Å². The second kappa shape index (κ2) is 2.48. The molecule has 0 aliphatic rings. The number of phenols is 1. The van der Waals surface area contributed by atoms with E-state index in [9.17, 15) is 0 Å². The maximum atomic E-state index is 9.11. The quantitative estimate of drug-likeness (QED) is 0.647. The third-order valence-corrected chi connectivity index (χ3v) is 2.11. The molecule has 0 radical (unpaired) electrons. The fraction of sp³-hybridized carbons (Fsp3) is 0. The van der Waals surface area contributed by atoms with Crippen molar-refractivity contribution in [3.05, 3.63) is 30.1 Å². The third kappa shape index (κ3) is 1.17. The van der Waals surface area contributed by atoms with E-state index in [4.69, 9.17) is 5.11 Å². The molecule has 1 heterocycles. The normalized spacial score (nSPS) is 10.9. The summed E-state index contributed by atoms with van der Waals surface area (Å²) in [5, 5.41) is 10.1. The molecular weight excluding hydrogens is 157 g/mol. The van der Waals surface area contributed by atoms with Crippen molar-refractivity contribution in [3.8, 4) is 5.75 Å². The highest BCUT2D eigenvalue weighted by molar-refractivity contribution is 7.24. The molecule has 0 atom stereocenters. The minimum absolute atomic E-state index is 0.294. The van der Waals surface area contributed by atoms with Gasteiger partial charge in [0.1, 0.15) is 5.75 Å². The van der Waals surface area contributed by atoms with Gasteiger partial charge < -0.3 is 5.11 Å². The van der Waals surface area contributed by atoms with Crippen molar-refractivity contribution in [3.63, 3.8) is 0 Å². The molecule has 3 heteroatoms. The molecule has 0 unspecified atom stereocenters. The molecule has 0 amide bonds. The minimum Gasteiger partial charge on any atom is -0.508 e. The smallest absolute Gasteiger partial charge is 0.116 e. The molecule has 0 fully saturated rings. The molecule has 0 aliphatic heterocycles. The van der Waals surface area contributed by atoms with Gasteiger partial charge in [0.15, 0.2) is 0 Å². The largest absolute Gasteiger partial charge is 0.508 e. The first-order chi connectivity index (χ1) is 5.36. The maximum absolute atomic E-state index is 9.11. The summed E-state index contributed by atoms with van der Waals surface area (Å²) in [6.45, 7) is 0. The summed E-state index contributed by atoms with van der Waals surface area (Å²) in [7, 11) is 0.967. The van der Waals surface area contributed by atoms with Crippen molar-refractivity contribution >= 4 is 19.3 Å². The third-order valence-electron chi connectivity index (χ3n) is 1.50. The van der Waals surface area contributed by atoms with Crippen LogP contribution in [0, 0.1) is 0 Å². The monoisotopic (exact) mass is 163 g/mol. The van der Waals surface area contributed by atoms with Gasteiger partial charge in [0.05, 0.1) is 5.52 Å². The number of nitrogens with zero attached hydrogens (tertiary/aromatic N) is 1. The zero-order valence-electron chi connectivity index (χ0n) is 5.73. The molecule has 0 saturated carbocycles. The molecule has 2 aromatic rings. The highest BCUT2D eigenvalue weighted by Gasteiger charge is 1.92. The first kappa shape index (κ1) is 6.56. The van der Waals surface area contributed by atoms with Gasteiger partial charge in [-0.25, -0.2) is 4.75 Å². The average molecular weight is 163 g/mol. The Morgan fingerprint density at radius 1 is 1.27 bits per heavy atom. The Kier molecular flexibility index (Phi) is 1.48. The van der Waals surface area contributed by atoms with Crippen LogP contribution in [0.15, 0.2) is 30.1 Å². The lowest BCUT2D eigenvalue weighted by Gasteiger charge is -1.94. The van der Waals surface area contributed by atoms with Crippen molar-refractivity contribution < 1.29 is 5.11 Å². The van der Waals surface area contributed by atoms with Crippen LogP contribution in [0.2, 0.25) is 0 Å². The fourth-order valence-corrected chi connectivity index (χ4v) is 1.58. The fourth-order valence-electron chi connectivity index (χ4n) is 0.976. The van der Waals surface area contributed by atoms with Crippen LogP contribution in [0.4, 0.5) is 0 Å². The van der Waals surface area contributed by atoms with Crippen molar-refractivity contribution in [2.45, 2.75) is 0 Å². The van der Waals surface area contributed by atoms with Gasteiger partial charge in [0.2, 0.25) is 0 Å². The van der Waals surface area contributed by atoms with Gasteiger partial charge in [-0.3, -0.25) is 0 Å². The van der Waals surface area contributed by atoms with E-state index in [1.54, 1.807) is 12.1 Å². The van der Waals surface area contributed by atoms with Gasteiger partial charge in [-0.1, -0.05) is 0 Å². The lowest BCUT2D eigenvalue weighted by molar-refractivity contribution is 0.476. The summed E-state index contributed by atoms with van der Waals surface area (Å²) < 4.78 is 4.21. The number of phenolic OH excluding ortho intramolecular Hbond substituents is 1. The molecule has 1 N–H and O–H groups in total. The second-order valence-electron chi connectivity index (χ2n) is 2.27. The van der Waals surface area contributed by atoms with E-state index in [-0.39, 0.29) is 0 Å². The number of hydrogen-bond donors (Lipinski definition) is 1. The van der Waals surface area contributed by atoms with Gasteiger partial charge in [-0.15, -0.1) is 0 Å². The molecule has 11 heavy (non-hydrogen) atoms. The molecule has 0 bridgehead atoms. The summed E-state index contributed by atoms with van der Waals surface area (Å²) in [5.74, 6) is 2.24. The van der Waals surface area contributed by atoms with Gasteiger partial charge in [0.25, 0.3) is 0 Å². The van der Waals surface area contributed by atoms with Gasteiger partial charge in [-0.05, 0) is 30.1 Å². The van der Waals surface area contributed by atoms with E-state index in [1.807, 2.05) is 17.9 Å². The van der Waals surface area contributed by atoms with Gasteiger partial charge in [-0.2, -0.15) is 0 Å². The number of rotatable bonds is 0. The second-order valence-corrected chi connectivity index (χ2v) is 3.00. The van der Waals surface area contributed by atoms with E-state index in [2.05, 4.69) is 4.75 Å². The van der Waals surface area contributed by atoms with Crippen molar-refractivity contribution in [1.82, 2.24) is 4.75 Å². The Bertz CT molecular complexity index is 389. The van der Waals surface area contributed by atoms with Crippen LogP contribution in [0.5, 0.6) is 5.75 Å². The summed E-state index contributed by atoms with van der Waals surface area (Å²) in [6, 6.07) is 7.14. The zero-order chi connectivity index (χ0) is 7.68. The molecule has 0 spiro atoms. The summed E-state index contributed by atoms with van der Waals surface area (Å²) in [4.78, 5) is 0. The van der Waals surface area contributed by atoms with E-state index in [0.717, 1.165) is 19.3 Å². The van der Waals surface area contributed by atoms with Crippen LogP contribution >= 0.6 is 8.35 Å². The number of fused-ring (bicyclic) bond motifs is 1. The van der Waals surface area contributed by atoms with Crippen molar-refractivity contribution in [2.75, 3.05) is 0 Å². The molecule has 1 aromatic heterocycles. The Morgan fingerprint density at radius 3 is 3.09 bits per heavy atom. The predicted octanol–water partition coefficient (Wildman–Crippen LogP) is 2.52. The predicted molar refractivity (Wildman–Crippen MR) is 45.9 cm³/mol. The molecule has 0 aliphatic carbocycles. The van der Waals surface area contributed by atoms with Crippen LogP contribution in [0.1, 0.15) is 0 Å². The van der Waals surface area contributed by atoms with Crippen LogP contribution in [-0.4, -0.2) is 9.85 Å². The zero-order valence-corrected chi connectivity index (χ0v) is 6.62. The van der Waals surface area contributed by atoms with E-state index in [1.165, 1.54) is 0 Å². The lowest BCUT2D eigenvalue weighted by Crippen LogP contribution is -1.71. The number of aromatic hydroxyl groups is 1. The van der Waals surface area contributed by atoms with Crippen LogP contribution in [-0.2, 0) is 0 Å². The first-order valence-corrected chi connectivity index (χ1v) is 4.18. The van der Waals surface area contributed by atoms with Crippen LogP contribution < -0.4 is 0 Å². The Morgan fingerprint density at radius 2 is 2.18 bits per heavy atom. The topological polar surface area (TPSA) is 33.1 Å². The highest BCUT2D eigenvalue weighted by atomic mass is 31.0. The number of benzene rings is 1. The molecular formula is C8H6NOP. The van der Waals surface area contributed by atoms with Crippen molar-refractivity contribution in [2.24, 2.45) is 0 Å². The van der Waals surface area contributed by atoms with Crippen LogP contribution in [0.25, 0.3) is 10.9 Å². The summed E-state index contributed by atoms with van der Waals surface area (Å²) >= 11 is 0. The molecule has 54 valence electrons.